The van der Waals surface area contributed by atoms with Crippen LogP contribution in [0, 0.1) is 0 Å². The van der Waals surface area contributed by atoms with Crippen molar-refractivity contribution in [2.75, 3.05) is 38.2 Å². The first-order valence-corrected chi connectivity index (χ1v) is 11.3. The zero-order chi connectivity index (χ0) is 23.5. The molecule has 1 fully saturated rings. The Hall–Kier alpha value is -3.91. The first-order chi connectivity index (χ1) is 16.7. The van der Waals surface area contributed by atoms with Gasteiger partial charge in [0, 0.05) is 49.2 Å². The third-order valence-electron chi connectivity index (χ3n) is 5.87. The molecule has 5 rings (SSSR count). The summed E-state index contributed by atoms with van der Waals surface area (Å²) >= 11 is 6.06. The number of aromatic nitrogens is 4. The Morgan fingerprint density at radius 3 is 2.44 bits per heavy atom. The summed E-state index contributed by atoms with van der Waals surface area (Å²) in [5.74, 6) is 0.672. The highest BCUT2D eigenvalue weighted by Crippen LogP contribution is 2.30. The van der Waals surface area contributed by atoms with Crippen LogP contribution in [0.25, 0.3) is 16.9 Å². The lowest BCUT2D eigenvalue weighted by molar-refractivity contribution is 0.0741. The molecule has 1 aliphatic rings. The molecule has 9 heteroatoms. The first kappa shape index (κ1) is 21.9. The van der Waals surface area contributed by atoms with Crippen molar-refractivity contribution in [3.05, 3.63) is 83.8 Å². The zero-order valence-corrected chi connectivity index (χ0v) is 19.4. The van der Waals surface area contributed by atoms with Gasteiger partial charge >= 0.3 is 0 Å². The van der Waals surface area contributed by atoms with Crippen LogP contribution in [0.5, 0.6) is 5.75 Å². The third kappa shape index (κ3) is 4.20. The quantitative estimate of drug-likeness (QED) is 0.436. The number of carbonyl (C=O) groups excluding carboxylic acids is 1. The van der Waals surface area contributed by atoms with E-state index in [0.717, 1.165) is 22.7 Å². The number of hydrogen-bond donors (Lipinski definition) is 0. The van der Waals surface area contributed by atoms with Gasteiger partial charge in [-0.3, -0.25) is 9.78 Å². The molecule has 0 bridgehead atoms. The van der Waals surface area contributed by atoms with Crippen molar-refractivity contribution in [2.24, 2.45) is 0 Å². The molecular weight excluding hydrogens is 452 g/mol. The zero-order valence-electron chi connectivity index (χ0n) is 18.6. The second-order valence-corrected chi connectivity index (χ2v) is 8.30. The van der Waals surface area contributed by atoms with Gasteiger partial charge in [-0.1, -0.05) is 28.9 Å². The molecule has 0 saturated carbocycles. The maximum atomic E-state index is 13.6. The van der Waals surface area contributed by atoms with E-state index >= 15 is 0 Å². The van der Waals surface area contributed by atoms with E-state index in [1.165, 1.54) is 0 Å². The number of nitrogens with zero attached hydrogens (tertiary/aromatic N) is 6. The number of amides is 1. The Morgan fingerprint density at radius 1 is 0.971 bits per heavy atom. The third-order valence-corrected chi connectivity index (χ3v) is 6.12. The van der Waals surface area contributed by atoms with Crippen LogP contribution in [0.2, 0.25) is 5.02 Å². The molecule has 0 atom stereocenters. The summed E-state index contributed by atoms with van der Waals surface area (Å²) in [6.45, 7) is 2.52. The van der Waals surface area contributed by atoms with Crippen molar-refractivity contribution in [1.29, 1.82) is 0 Å². The molecule has 3 heterocycles. The minimum absolute atomic E-state index is 0.154. The second-order valence-electron chi connectivity index (χ2n) is 7.87. The molecule has 1 saturated heterocycles. The highest BCUT2D eigenvalue weighted by Gasteiger charge is 2.29. The molecule has 1 aliphatic heterocycles. The van der Waals surface area contributed by atoms with E-state index in [2.05, 4.69) is 20.2 Å². The van der Waals surface area contributed by atoms with Gasteiger partial charge in [0.15, 0.2) is 5.69 Å². The molecule has 34 heavy (non-hydrogen) atoms. The monoisotopic (exact) mass is 474 g/mol. The number of piperazine rings is 1. The topological polar surface area (TPSA) is 76.4 Å². The van der Waals surface area contributed by atoms with Crippen molar-refractivity contribution in [3.8, 4) is 22.7 Å². The second kappa shape index (κ2) is 9.52. The minimum Gasteiger partial charge on any atom is -0.495 e. The summed E-state index contributed by atoms with van der Waals surface area (Å²) in [5.41, 5.74) is 3.46. The Bertz CT molecular complexity index is 1280. The first-order valence-electron chi connectivity index (χ1n) is 10.9. The molecule has 0 N–H and O–H groups in total. The number of hydrogen-bond acceptors (Lipinski definition) is 6. The van der Waals surface area contributed by atoms with Crippen LogP contribution in [0.15, 0.2) is 73.1 Å². The van der Waals surface area contributed by atoms with Gasteiger partial charge in [0.1, 0.15) is 11.4 Å². The van der Waals surface area contributed by atoms with Crippen LogP contribution < -0.4 is 9.64 Å². The fourth-order valence-electron chi connectivity index (χ4n) is 4.14. The summed E-state index contributed by atoms with van der Waals surface area (Å²) in [7, 11) is 1.67. The molecule has 0 spiro atoms. The molecule has 4 aromatic rings. The molecule has 8 nitrogen and oxygen atoms in total. The van der Waals surface area contributed by atoms with Crippen molar-refractivity contribution in [2.45, 2.75) is 0 Å². The molecule has 2 aromatic heterocycles. The smallest absolute Gasteiger partial charge is 0.276 e. The average molecular weight is 475 g/mol. The van der Waals surface area contributed by atoms with Gasteiger partial charge in [0.25, 0.3) is 5.91 Å². The summed E-state index contributed by atoms with van der Waals surface area (Å²) in [6.07, 6.45) is 3.40. The number of methoxy groups -OCH3 is 1. The number of halogens is 1. The van der Waals surface area contributed by atoms with Gasteiger partial charge in [-0.25, -0.2) is 4.68 Å². The number of anilines is 1. The number of carbonyl (C=O) groups is 1. The van der Waals surface area contributed by atoms with E-state index in [9.17, 15) is 4.79 Å². The molecule has 2 aromatic carbocycles. The highest BCUT2D eigenvalue weighted by molar-refractivity contribution is 6.30. The van der Waals surface area contributed by atoms with Gasteiger partial charge in [-0.15, -0.1) is 5.10 Å². The Balaban J connectivity index is 1.43. The van der Waals surface area contributed by atoms with E-state index in [1.54, 1.807) is 36.3 Å². The predicted octanol–water partition coefficient (Wildman–Crippen LogP) is 3.95. The van der Waals surface area contributed by atoms with E-state index in [1.807, 2.05) is 53.4 Å². The maximum Gasteiger partial charge on any atom is 0.276 e. The van der Waals surface area contributed by atoms with Crippen LogP contribution >= 0.6 is 11.6 Å². The van der Waals surface area contributed by atoms with E-state index < -0.39 is 0 Å². The predicted molar refractivity (Wildman–Crippen MR) is 131 cm³/mol. The summed E-state index contributed by atoms with van der Waals surface area (Å²) in [6, 6.07) is 18.9. The standard InChI is InChI=1S/C25H23ClN6O2/c1-34-22-7-3-2-6-21(22)30-13-15-31(16-14-30)25(33)23-24(18-5-4-12-27-17-18)32(29-28-23)20-10-8-19(26)9-11-20/h2-12,17H,13-16H2,1H3. The van der Waals surface area contributed by atoms with E-state index in [4.69, 9.17) is 16.3 Å². The van der Waals surface area contributed by atoms with Gasteiger partial charge in [-0.2, -0.15) is 0 Å². The number of pyridine rings is 1. The van der Waals surface area contributed by atoms with Crippen molar-refractivity contribution < 1.29 is 9.53 Å². The number of benzene rings is 2. The molecule has 172 valence electrons. The average Bonchev–Trinajstić information content (AvgIpc) is 3.34. The molecule has 0 radical (unpaired) electrons. The SMILES string of the molecule is COc1ccccc1N1CCN(C(=O)c2nnn(-c3ccc(Cl)cc3)c2-c2cccnc2)CC1. The lowest BCUT2D eigenvalue weighted by Gasteiger charge is -2.36. The van der Waals surface area contributed by atoms with Crippen molar-refractivity contribution in [3.63, 3.8) is 0 Å². The maximum absolute atomic E-state index is 13.6. The molecule has 0 unspecified atom stereocenters. The van der Waals surface area contributed by atoms with Gasteiger partial charge in [0.05, 0.1) is 18.5 Å². The summed E-state index contributed by atoms with van der Waals surface area (Å²) in [4.78, 5) is 21.9. The van der Waals surface area contributed by atoms with Crippen molar-refractivity contribution >= 4 is 23.2 Å². The Labute approximate surface area is 202 Å². The lowest BCUT2D eigenvalue weighted by Crippen LogP contribution is -2.49. The molecule has 0 aliphatic carbocycles. The Kier molecular flexibility index (Phi) is 6.14. The van der Waals surface area contributed by atoms with E-state index in [-0.39, 0.29) is 5.91 Å². The van der Waals surface area contributed by atoms with Crippen LogP contribution in [0.3, 0.4) is 0 Å². The van der Waals surface area contributed by atoms with Gasteiger partial charge in [-0.05, 0) is 48.5 Å². The van der Waals surface area contributed by atoms with Gasteiger partial charge in [0.2, 0.25) is 0 Å². The van der Waals surface area contributed by atoms with Crippen LogP contribution in [0.1, 0.15) is 10.5 Å². The van der Waals surface area contributed by atoms with Crippen LogP contribution in [0.4, 0.5) is 5.69 Å². The number of para-hydroxylation sites is 2. The van der Waals surface area contributed by atoms with Crippen LogP contribution in [-0.4, -0.2) is 64.1 Å². The Morgan fingerprint density at radius 2 is 1.74 bits per heavy atom. The molecular formula is C25H23ClN6O2. The lowest BCUT2D eigenvalue weighted by atomic mass is 10.1. The fourth-order valence-corrected chi connectivity index (χ4v) is 4.27. The van der Waals surface area contributed by atoms with E-state index in [0.29, 0.717) is 42.6 Å². The summed E-state index contributed by atoms with van der Waals surface area (Å²) in [5, 5.41) is 9.23. The highest BCUT2D eigenvalue weighted by atomic mass is 35.5. The number of ether oxygens (including phenoxy) is 1. The number of rotatable bonds is 5. The largest absolute Gasteiger partial charge is 0.495 e. The fraction of sp³-hybridized carbons (Fsp3) is 0.200. The van der Waals surface area contributed by atoms with Gasteiger partial charge < -0.3 is 14.5 Å². The molecule has 1 amide bonds. The normalized spacial score (nSPS) is 13.7. The minimum atomic E-state index is -0.154. The van der Waals surface area contributed by atoms with Crippen molar-refractivity contribution in [1.82, 2.24) is 24.9 Å². The summed E-state index contributed by atoms with van der Waals surface area (Å²) < 4.78 is 7.16. The van der Waals surface area contributed by atoms with Crippen LogP contribution in [-0.2, 0) is 0 Å².